The summed E-state index contributed by atoms with van der Waals surface area (Å²) in [6, 6.07) is 77.6. The molecule has 21 rings (SSSR count). The third-order valence-electron chi connectivity index (χ3n) is 20.4. The van der Waals surface area contributed by atoms with E-state index >= 15 is 0 Å². The van der Waals surface area contributed by atoms with Gasteiger partial charge in [-0.2, -0.15) is 0 Å². The largest absolute Gasteiger partial charge is 0.324 e. The summed E-state index contributed by atoms with van der Waals surface area (Å²) in [6.07, 6.45) is 28.2. The first-order valence-corrected chi connectivity index (χ1v) is 38.3. The van der Waals surface area contributed by atoms with Crippen LogP contribution < -0.4 is 0 Å². The lowest BCUT2D eigenvalue weighted by Crippen LogP contribution is -1.97. The Hall–Kier alpha value is -17.3. The average molecular weight is 1550 g/mol. The number of rotatable bonds is 16. The Morgan fingerprint density at radius 1 is 0.142 bits per heavy atom. The lowest BCUT2D eigenvalue weighted by atomic mass is 9.94. The Morgan fingerprint density at radius 2 is 0.300 bits per heavy atom. The number of pyridine rings is 16. The Morgan fingerprint density at radius 3 is 0.467 bits per heavy atom. The molecule has 120 heavy (non-hydrogen) atoms. The number of H-pyrrole nitrogens is 2. The molecule has 0 saturated heterocycles. The third-order valence-corrected chi connectivity index (χ3v) is 20.4. The molecule has 0 saturated carbocycles. The standard InChI is InChI=1S/C96H58N24/c1-9-33-97-65(17-1)73-49-57(25-41-105-73)81-82(58-26-42-106-74(50-58)66-18-2-10-34-98-66)90-113-89(81)117-91-83(59-27-43-107-75(51-59)67-19-3-11-35-99-67)84(60-28-44-108-76(52-60)68-20-4-12-36-100-68)93(114-91)119-95-87(63-31-47-111-79(55-63)71-23-7-15-39-103-71)88(64-32-48-112-80(56-64)72-24-8-16-40-104-72)96(116-95)120-94-86(62-30-46-110-78(54-62)70-22-6-14-38-102-70)85(92(115-94)118-90)61-29-45-109-77(53-61)69-21-5-13-37-101-69/h1-56H,(H2,113,114,115,116,117,118,119,120). The highest BCUT2D eigenvalue weighted by Crippen LogP contribution is 2.47. The second-order valence-electron chi connectivity index (χ2n) is 27.8. The third kappa shape index (κ3) is 13.7. The molecule has 24 heteroatoms. The Bertz CT molecular complexity index is 6520. The predicted molar refractivity (Wildman–Crippen MR) is 458 cm³/mol. The quantitative estimate of drug-likeness (QED) is 0.0907. The summed E-state index contributed by atoms with van der Waals surface area (Å²) in [5, 5.41) is 0. The predicted octanol–water partition coefficient (Wildman–Crippen LogP) is 18.2. The molecule has 562 valence electrons. The fraction of sp³-hybridized carbons (Fsp3) is 0. The molecule has 0 amide bonds. The molecule has 19 aromatic rings. The molecule has 24 nitrogen and oxygen atoms in total. The molecule has 0 atom stereocenters. The molecule has 0 aromatic carbocycles. The molecule has 0 radical (unpaired) electrons. The minimum Gasteiger partial charge on any atom is -0.324 e. The number of hydrogen-bond acceptors (Lipinski definition) is 22. The first kappa shape index (κ1) is 70.6. The van der Waals surface area contributed by atoms with Crippen molar-refractivity contribution in [3.05, 3.63) is 387 Å². The summed E-state index contributed by atoms with van der Waals surface area (Å²) in [6.45, 7) is 0. The maximum absolute atomic E-state index is 6.00. The van der Waals surface area contributed by atoms with Crippen LogP contribution in [0.2, 0.25) is 0 Å². The van der Waals surface area contributed by atoms with Gasteiger partial charge in [0.15, 0.2) is 23.3 Å². The number of nitrogens with zero attached hydrogens (tertiary/aromatic N) is 22. The van der Waals surface area contributed by atoms with Crippen LogP contribution in [0.4, 0.5) is 0 Å². The van der Waals surface area contributed by atoms with E-state index in [4.69, 9.17) is 110 Å². The summed E-state index contributed by atoms with van der Waals surface area (Å²) >= 11 is 0. The molecular weight excluding hydrogens is 1490 g/mol. The van der Waals surface area contributed by atoms with Crippen molar-refractivity contribution < 1.29 is 0 Å². The van der Waals surface area contributed by atoms with Gasteiger partial charge in [-0.1, -0.05) is 48.5 Å². The molecule has 2 aliphatic heterocycles. The van der Waals surface area contributed by atoms with E-state index in [0.29, 0.717) is 203 Å². The minimum atomic E-state index is 0.236. The van der Waals surface area contributed by atoms with Crippen molar-refractivity contribution in [3.63, 3.8) is 0 Å². The average Bonchev–Trinajstić information content (AvgIpc) is 1.58. The first-order chi connectivity index (χ1) is 59.5. The second-order valence-corrected chi connectivity index (χ2v) is 27.8. The highest BCUT2D eigenvalue weighted by atomic mass is 15.1. The monoisotopic (exact) mass is 1550 g/mol. The lowest BCUT2D eigenvalue weighted by Gasteiger charge is -2.11. The van der Waals surface area contributed by atoms with Gasteiger partial charge < -0.3 is 9.97 Å². The van der Waals surface area contributed by atoms with Crippen molar-refractivity contribution in [2.75, 3.05) is 0 Å². The molecule has 8 bridgehead atoms. The molecule has 2 N–H and O–H groups in total. The van der Waals surface area contributed by atoms with Crippen molar-refractivity contribution in [1.29, 1.82) is 0 Å². The minimum absolute atomic E-state index is 0.236. The van der Waals surface area contributed by atoms with E-state index in [1.807, 2.05) is 243 Å². The van der Waals surface area contributed by atoms with Gasteiger partial charge in [-0.05, 0) is 239 Å². The van der Waals surface area contributed by atoms with Crippen molar-refractivity contribution in [1.82, 2.24) is 120 Å². The Labute approximate surface area is 683 Å². The van der Waals surface area contributed by atoms with E-state index in [9.17, 15) is 0 Å². The van der Waals surface area contributed by atoms with Crippen molar-refractivity contribution >= 4 is 44.9 Å². The van der Waals surface area contributed by atoms with Crippen LogP contribution in [0.25, 0.3) is 180 Å². The van der Waals surface area contributed by atoms with Crippen LogP contribution in [0.1, 0.15) is 45.6 Å². The second kappa shape index (κ2) is 30.9. The molecule has 0 spiro atoms. The van der Waals surface area contributed by atoms with Crippen LogP contribution in [-0.4, -0.2) is 120 Å². The van der Waals surface area contributed by atoms with Crippen LogP contribution in [0.3, 0.4) is 0 Å². The van der Waals surface area contributed by atoms with E-state index in [2.05, 4.69) is 9.97 Å². The van der Waals surface area contributed by atoms with Crippen LogP contribution in [-0.2, 0) is 0 Å². The zero-order valence-electron chi connectivity index (χ0n) is 63.2. The van der Waals surface area contributed by atoms with E-state index in [0.717, 1.165) is 0 Å². The van der Waals surface area contributed by atoms with Crippen molar-refractivity contribution in [2.45, 2.75) is 0 Å². The van der Waals surface area contributed by atoms with E-state index in [-0.39, 0.29) is 23.3 Å². The molecule has 0 unspecified atom stereocenters. The zero-order chi connectivity index (χ0) is 79.7. The van der Waals surface area contributed by atoms with Gasteiger partial charge in [-0.3, -0.25) is 79.7 Å². The van der Waals surface area contributed by atoms with Crippen molar-refractivity contribution in [3.8, 4) is 136 Å². The molecule has 19 aromatic heterocycles. The van der Waals surface area contributed by atoms with Gasteiger partial charge in [0.1, 0.15) is 22.6 Å². The highest BCUT2D eigenvalue weighted by Gasteiger charge is 2.33. The summed E-state index contributed by atoms with van der Waals surface area (Å²) in [7, 11) is 0. The summed E-state index contributed by atoms with van der Waals surface area (Å²) in [5.74, 6) is 0.942. The molecular formula is C96H58N24. The fourth-order valence-corrected chi connectivity index (χ4v) is 15.0. The van der Waals surface area contributed by atoms with E-state index < -0.39 is 0 Å². The maximum Gasteiger partial charge on any atom is 0.165 e. The van der Waals surface area contributed by atoms with E-state index in [1.54, 1.807) is 99.1 Å². The topological polar surface area (TPSA) is 315 Å². The molecule has 2 aliphatic rings. The molecule has 0 fully saturated rings. The van der Waals surface area contributed by atoms with Gasteiger partial charge in [0.05, 0.1) is 91.1 Å². The smallest absolute Gasteiger partial charge is 0.165 e. The summed E-state index contributed by atoms with van der Waals surface area (Å²) < 4.78 is 0. The fourth-order valence-electron chi connectivity index (χ4n) is 15.0. The van der Waals surface area contributed by atoms with Crippen molar-refractivity contribution in [2.24, 2.45) is 0 Å². The Kier molecular flexibility index (Phi) is 18.2. The number of hydrogen-bond donors (Lipinski definition) is 2. The maximum atomic E-state index is 6.00. The lowest BCUT2D eigenvalue weighted by molar-refractivity contribution is 1.10. The van der Waals surface area contributed by atoms with Gasteiger partial charge in [-0.25, -0.2) is 29.9 Å². The number of fused-ring (bicyclic) bond motifs is 8. The van der Waals surface area contributed by atoms with Gasteiger partial charge in [-0.15, -0.1) is 0 Å². The Balaban J connectivity index is 0.984. The van der Waals surface area contributed by atoms with Crippen LogP contribution in [0.15, 0.2) is 342 Å². The molecule has 0 aliphatic carbocycles. The van der Waals surface area contributed by atoms with Crippen LogP contribution in [0.5, 0.6) is 0 Å². The number of nitrogens with one attached hydrogen (secondary N) is 2. The summed E-state index contributed by atoms with van der Waals surface area (Å²) in [5.41, 5.74) is 21.1. The zero-order valence-corrected chi connectivity index (χ0v) is 63.2. The van der Waals surface area contributed by atoms with Gasteiger partial charge in [0, 0.05) is 144 Å². The summed E-state index contributed by atoms with van der Waals surface area (Å²) in [4.78, 5) is 122. The first-order valence-electron chi connectivity index (χ1n) is 38.3. The highest BCUT2D eigenvalue weighted by molar-refractivity contribution is 6.09. The van der Waals surface area contributed by atoms with E-state index in [1.165, 1.54) is 0 Å². The SMILES string of the molecule is c1ccc(-c2cc(C3=C(c4ccnc(-c5ccccn5)c4)c4nc3nc3[nH]c(nc5nc(nc6[nH]c(n4)c(-c4ccnc(-c7ccccn7)c4)c6-c4ccnc(-c6ccccn6)c4)C(c4ccnc(-c6ccccn6)c4)=C5c4ccnc(-c5ccccn5)c4)c(-c4ccnc(-c5ccccn5)c4)c3-c3ccnc(-c4ccccn4)c3)ccn2)nc1. The van der Waals surface area contributed by atoms with Gasteiger partial charge in [0.2, 0.25) is 0 Å². The normalized spacial score (nSPS) is 11.9. The van der Waals surface area contributed by atoms with Gasteiger partial charge in [0.25, 0.3) is 0 Å². The number of aromatic amines is 2. The van der Waals surface area contributed by atoms with Crippen LogP contribution in [0, 0.1) is 0 Å². The van der Waals surface area contributed by atoms with Crippen LogP contribution >= 0.6 is 0 Å². The number of aromatic nitrogens is 24. The molecule has 21 heterocycles. The van der Waals surface area contributed by atoms with Gasteiger partial charge >= 0.3 is 0 Å².